The van der Waals surface area contributed by atoms with Gasteiger partial charge in [0.05, 0.1) is 19.6 Å². The number of nitrogen functional groups attached to an aromatic ring is 1. The minimum absolute atomic E-state index is 0.0165. The molecule has 0 aliphatic rings. The lowest BCUT2D eigenvalue weighted by Crippen LogP contribution is -2.44. The average Bonchev–Trinajstić information content (AvgIpc) is 2.64. The van der Waals surface area contributed by atoms with Gasteiger partial charge in [-0.1, -0.05) is 30.3 Å². The van der Waals surface area contributed by atoms with Crippen LogP contribution in [-0.4, -0.2) is 64.9 Å². The van der Waals surface area contributed by atoms with Crippen LogP contribution in [0.25, 0.3) is 0 Å². The Morgan fingerprint density at radius 2 is 1.64 bits per heavy atom. The molecule has 2 N–H and O–H groups in total. The molecule has 150 valence electrons. The number of nitrogens with two attached hydrogens (primary N) is 1. The molecular weight excluding hydrogens is 362 g/mol. The molecule has 0 atom stereocenters. The summed E-state index contributed by atoms with van der Waals surface area (Å²) < 4.78 is 2.08. The largest absolute Gasteiger partial charge is 0.384 e. The number of hydrogen-bond acceptors (Lipinski definition) is 6. The van der Waals surface area contributed by atoms with Crippen LogP contribution in [0.1, 0.15) is 15.9 Å². The summed E-state index contributed by atoms with van der Waals surface area (Å²) in [6.07, 6.45) is 0. The summed E-state index contributed by atoms with van der Waals surface area (Å²) in [7, 11) is 6.14. The maximum absolute atomic E-state index is 12.7. The third kappa shape index (κ3) is 4.55. The first kappa shape index (κ1) is 21.1. The highest BCUT2D eigenvalue weighted by molar-refractivity contribution is 6.01. The van der Waals surface area contributed by atoms with E-state index in [0.717, 1.165) is 10.1 Å². The third-order valence-corrected chi connectivity index (χ3v) is 4.36. The van der Waals surface area contributed by atoms with Crippen LogP contribution in [0.5, 0.6) is 0 Å². The summed E-state index contributed by atoms with van der Waals surface area (Å²) in [5.74, 6) is -0.895. The van der Waals surface area contributed by atoms with Crippen LogP contribution < -0.4 is 17.0 Å². The van der Waals surface area contributed by atoms with Crippen LogP contribution >= 0.6 is 0 Å². The van der Waals surface area contributed by atoms with Crippen LogP contribution in [-0.2, 0) is 18.4 Å². The highest BCUT2D eigenvalue weighted by atomic mass is 16.2. The number of rotatable bonds is 7. The van der Waals surface area contributed by atoms with E-state index < -0.39 is 17.0 Å². The number of hydrogen-bond donors (Lipinski definition) is 1. The third-order valence-electron chi connectivity index (χ3n) is 4.36. The molecule has 9 heteroatoms. The predicted octanol–water partition coefficient (Wildman–Crippen LogP) is -0.620. The van der Waals surface area contributed by atoms with Crippen LogP contribution in [0, 0.1) is 0 Å². The van der Waals surface area contributed by atoms with Crippen LogP contribution in [0.4, 0.5) is 5.82 Å². The summed E-state index contributed by atoms with van der Waals surface area (Å²) in [6, 6.07) is 9.12. The minimum atomic E-state index is -0.746. The van der Waals surface area contributed by atoms with Gasteiger partial charge in [0.1, 0.15) is 11.4 Å². The Morgan fingerprint density at radius 1 is 1.04 bits per heavy atom. The lowest BCUT2D eigenvalue weighted by Gasteiger charge is -2.19. The van der Waals surface area contributed by atoms with E-state index in [0.29, 0.717) is 0 Å². The van der Waals surface area contributed by atoms with Gasteiger partial charge in [-0.05, 0) is 12.6 Å². The van der Waals surface area contributed by atoms with Crippen molar-refractivity contribution < 1.29 is 9.59 Å². The van der Waals surface area contributed by atoms with Crippen molar-refractivity contribution >= 4 is 17.5 Å². The number of aromatic nitrogens is 2. The van der Waals surface area contributed by atoms with E-state index in [1.165, 1.54) is 21.4 Å². The molecule has 0 saturated carbocycles. The molecule has 1 aromatic carbocycles. The molecular formula is C19H25N5O4. The molecule has 0 spiro atoms. The van der Waals surface area contributed by atoms with E-state index in [1.54, 1.807) is 21.1 Å². The van der Waals surface area contributed by atoms with Crippen molar-refractivity contribution in [2.75, 3.05) is 40.0 Å². The zero-order valence-electron chi connectivity index (χ0n) is 16.5. The molecule has 0 aliphatic carbocycles. The zero-order valence-corrected chi connectivity index (χ0v) is 16.5. The maximum atomic E-state index is 12.7. The van der Waals surface area contributed by atoms with Crippen molar-refractivity contribution in [3.8, 4) is 0 Å². The minimum Gasteiger partial charge on any atom is -0.384 e. The Kier molecular flexibility index (Phi) is 6.53. The highest BCUT2D eigenvalue weighted by Gasteiger charge is 2.23. The molecule has 1 aromatic heterocycles. The number of likely N-dealkylation sites (N-methyl/N-ethyl adjacent to an activating group) is 2. The zero-order chi connectivity index (χ0) is 21.0. The van der Waals surface area contributed by atoms with Crippen molar-refractivity contribution in [3.05, 3.63) is 62.3 Å². The number of benzene rings is 1. The monoisotopic (exact) mass is 387 g/mol. The van der Waals surface area contributed by atoms with E-state index >= 15 is 0 Å². The van der Waals surface area contributed by atoms with E-state index in [4.69, 9.17) is 5.73 Å². The lowest BCUT2D eigenvalue weighted by molar-refractivity contribution is -0.129. The summed E-state index contributed by atoms with van der Waals surface area (Å²) >= 11 is 0. The Morgan fingerprint density at radius 3 is 2.21 bits per heavy atom. The summed E-state index contributed by atoms with van der Waals surface area (Å²) in [4.78, 5) is 52.5. The fraction of sp³-hybridized carbons (Fsp3) is 0.368. The molecule has 0 saturated heterocycles. The Labute approximate surface area is 162 Å². The van der Waals surface area contributed by atoms with E-state index in [2.05, 4.69) is 0 Å². The number of nitrogens with zero attached hydrogens (tertiary/aromatic N) is 4. The average molecular weight is 387 g/mol. The lowest BCUT2D eigenvalue weighted by atomic mass is 10.1. The van der Waals surface area contributed by atoms with Gasteiger partial charge in [-0.3, -0.25) is 28.4 Å². The van der Waals surface area contributed by atoms with Crippen LogP contribution in [0.3, 0.4) is 0 Å². The normalized spacial score (nSPS) is 10.9. The van der Waals surface area contributed by atoms with Gasteiger partial charge in [-0.15, -0.1) is 0 Å². The molecule has 0 unspecified atom stereocenters. The summed E-state index contributed by atoms with van der Waals surface area (Å²) in [6.45, 7) is -0.0277. The van der Waals surface area contributed by atoms with E-state index in [9.17, 15) is 19.2 Å². The first-order chi connectivity index (χ1) is 13.1. The Hall–Kier alpha value is -3.20. The molecule has 2 rings (SSSR count). The highest BCUT2D eigenvalue weighted by Crippen LogP contribution is 2.10. The Balaban J connectivity index is 2.39. The predicted molar refractivity (Wildman–Crippen MR) is 106 cm³/mol. The number of amides is 1. The second kappa shape index (κ2) is 8.66. The summed E-state index contributed by atoms with van der Waals surface area (Å²) in [5, 5.41) is 0. The fourth-order valence-corrected chi connectivity index (χ4v) is 2.72. The van der Waals surface area contributed by atoms with Gasteiger partial charge in [0, 0.05) is 21.1 Å². The van der Waals surface area contributed by atoms with Crippen molar-refractivity contribution in [1.29, 1.82) is 0 Å². The van der Waals surface area contributed by atoms with Crippen molar-refractivity contribution in [2.45, 2.75) is 6.54 Å². The molecule has 0 bridgehead atoms. The Bertz CT molecular complexity index is 992. The van der Waals surface area contributed by atoms with Gasteiger partial charge in [0.25, 0.3) is 5.56 Å². The van der Waals surface area contributed by atoms with Gasteiger partial charge < -0.3 is 10.6 Å². The molecule has 9 nitrogen and oxygen atoms in total. The van der Waals surface area contributed by atoms with Gasteiger partial charge in [-0.25, -0.2) is 4.79 Å². The van der Waals surface area contributed by atoms with Crippen molar-refractivity contribution in [1.82, 2.24) is 18.9 Å². The van der Waals surface area contributed by atoms with Gasteiger partial charge in [-0.2, -0.15) is 0 Å². The second-order valence-corrected chi connectivity index (χ2v) is 6.86. The van der Waals surface area contributed by atoms with Crippen LogP contribution in [0.15, 0.2) is 39.9 Å². The second-order valence-electron chi connectivity index (χ2n) is 6.86. The van der Waals surface area contributed by atoms with E-state index in [1.807, 2.05) is 30.3 Å². The molecule has 2 aromatic rings. The molecule has 0 fully saturated rings. The van der Waals surface area contributed by atoms with E-state index in [-0.39, 0.29) is 36.9 Å². The fourth-order valence-electron chi connectivity index (χ4n) is 2.72. The first-order valence-corrected chi connectivity index (χ1v) is 8.68. The maximum Gasteiger partial charge on any atom is 0.332 e. The number of ketones is 1. The first-order valence-electron chi connectivity index (χ1n) is 8.68. The molecule has 1 heterocycles. The van der Waals surface area contributed by atoms with Crippen LogP contribution in [0.2, 0.25) is 0 Å². The molecule has 0 aliphatic heterocycles. The summed E-state index contributed by atoms with van der Waals surface area (Å²) in [5.41, 5.74) is 5.28. The van der Waals surface area contributed by atoms with Gasteiger partial charge in [0.15, 0.2) is 5.78 Å². The standard InChI is InChI=1S/C19H25N5O4/c1-21(2)15(26)12-22(3)11-14(25)16-17(20)24(19(28)23(4)18(16)27)10-13-8-6-5-7-9-13/h5-9H,10-12,20H2,1-4H3. The number of Topliss-reactive ketones (excluding diaryl/α,β-unsaturated/α-hetero) is 1. The van der Waals surface area contributed by atoms with Crippen molar-refractivity contribution in [3.63, 3.8) is 0 Å². The molecule has 0 radical (unpaired) electrons. The van der Waals surface area contributed by atoms with Crippen molar-refractivity contribution in [2.24, 2.45) is 7.05 Å². The number of carbonyl (C=O) groups is 2. The topological polar surface area (TPSA) is 111 Å². The SMILES string of the molecule is CN(CC(=O)c1c(N)n(Cc2ccccc2)c(=O)n(C)c1=O)CC(=O)N(C)C. The number of anilines is 1. The number of carbonyl (C=O) groups excluding carboxylic acids is 2. The van der Waals surface area contributed by atoms with Gasteiger partial charge >= 0.3 is 5.69 Å². The molecule has 28 heavy (non-hydrogen) atoms. The smallest absolute Gasteiger partial charge is 0.332 e. The van der Waals surface area contributed by atoms with Gasteiger partial charge in [0.2, 0.25) is 5.91 Å². The molecule has 1 amide bonds. The quantitative estimate of drug-likeness (QED) is 0.634.